The Morgan fingerprint density at radius 3 is 2.43 bits per heavy atom. The van der Waals surface area contributed by atoms with Crippen LogP contribution >= 0.6 is 0 Å². The van der Waals surface area contributed by atoms with Crippen LogP contribution in [0, 0.1) is 0 Å². The third kappa shape index (κ3) is 1.37. The second-order valence-corrected chi connectivity index (χ2v) is 2.85. The van der Waals surface area contributed by atoms with Gasteiger partial charge in [-0.15, -0.1) is 0 Å². The van der Waals surface area contributed by atoms with Crippen LogP contribution in [0.5, 0.6) is 0 Å². The van der Waals surface area contributed by atoms with Gasteiger partial charge in [-0.05, 0) is 0 Å². The van der Waals surface area contributed by atoms with Gasteiger partial charge in [-0.2, -0.15) is 0 Å². The Kier molecular flexibility index (Phi) is 2.02. The average Bonchev–Trinajstić information content (AvgIpc) is 2.61. The number of hydrogen-bond acceptors (Lipinski definition) is 2. The van der Waals surface area contributed by atoms with Crippen molar-refractivity contribution >= 4 is 6.29 Å². The number of aromatic nitrogens is 2. The lowest BCUT2D eigenvalue weighted by Gasteiger charge is -1.96. The number of H-pyrrole nitrogens is 2. The molecule has 0 aliphatic rings. The van der Waals surface area contributed by atoms with Crippen LogP contribution in [0.4, 0.5) is 0 Å². The predicted molar refractivity (Wildman–Crippen MR) is 52.2 cm³/mol. The van der Waals surface area contributed by atoms with Gasteiger partial charge in [0.25, 0.3) is 0 Å². The van der Waals surface area contributed by atoms with Gasteiger partial charge in [0.15, 0.2) is 6.29 Å². The number of aromatic amines is 2. The Labute approximate surface area is 79.6 Å². The van der Waals surface area contributed by atoms with E-state index >= 15 is 0 Å². The number of aldehydes is 1. The first-order valence-electron chi connectivity index (χ1n) is 4.14. The number of imidazole rings is 1. The molecule has 0 atom stereocenters. The predicted octanol–water partition coefficient (Wildman–Crippen LogP) is 1.18. The van der Waals surface area contributed by atoms with E-state index in [1.807, 2.05) is 30.3 Å². The molecular formula is C10H8N2O2. The lowest BCUT2D eigenvalue weighted by Crippen LogP contribution is -2.00. The first-order valence-corrected chi connectivity index (χ1v) is 4.14. The lowest BCUT2D eigenvalue weighted by molar-refractivity contribution is 0.112. The third-order valence-electron chi connectivity index (χ3n) is 1.94. The number of rotatable bonds is 2. The van der Waals surface area contributed by atoms with E-state index in [2.05, 4.69) is 9.97 Å². The minimum atomic E-state index is -0.369. The maximum Gasteiger partial charge on any atom is 0.323 e. The van der Waals surface area contributed by atoms with Crippen LogP contribution in [0.1, 0.15) is 10.5 Å². The van der Waals surface area contributed by atoms with Crippen molar-refractivity contribution in [1.29, 1.82) is 0 Å². The fourth-order valence-electron chi connectivity index (χ4n) is 1.32. The quantitative estimate of drug-likeness (QED) is 0.695. The summed E-state index contributed by atoms with van der Waals surface area (Å²) in [6.07, 6.45) is 0.625. The van der Waals surface area contributed by atoms with E-state index in [-0.39, 0.29) is 11.4 Å². The average molecular weight is 188 g/mol. The Balaban J connectivity index is 2.62. The van der Waals surface area contributed by atoms with Crippen molar-refractivity contribution in [2.24, 2.45) is 0 Å². The van der Waals surface area contributed by atoms with Gasteiger partial charge in [0.2, 0.25) is 0 Å². The molecule has 1 aromatic heterocycles. The second-order valence-electron chi connectivity index (χ2n) is 2.85. The SMILES string of the molecule is O=Cc1[nH]c(=O)[nH]c1-c1ccccc1. The van der Waals surface area contributed by atoms with Gasteiger partial charge in [-0.1, -0.05) is 30.3 Å². The van der Waals surface area contributed by atoms with Crippen LogP contribution in [-0.2, 0) is 0 Å². The molecule has 0 radical (unpaired) electrons. The molecular weight excluding hydrogens is 180 g/mol. The van der Waals surface area contributed by atoms with E-state index in [4.69, 9.17) is 0 Å². The molecule has 0 aliphatic carbocycles. The van der Waals surface area contributed by atoms with Gasteiger partial charge in [-0.25, -0.2) is 4.79 Å². The van der Waals surface area contributed by atoms with Crippen LogP contribution in [0.2, 0.25) is 0 Å². The van der Waals surface area contributed by atoms with E-state index in [0.717, 1.165) is 5.56 Å². The van der Waals surface area contributed by atoms with Gasteiger partial charge in [0.05, 0.1) is 5.69 Å². The van der Waals surface area contributed by atoms with Crippen LogP contribution in [-0.4, -0.2) is 16.3 Å². The monoisotopic (exact) mass is 188 g/mol. The van der Waals surface area contributed by atoms with Crippen molar-refractivity contribution in [3.8, 4) is 11.3 Å². The minimum Gasteiger partial charge on any atom is -0.305 e. The molecule has 0 spiro atoms. The molecule has 0 aliphatic heterocycles. The van der Waals surface area contributed by atoms with Crippen molar-refractivity contribution in [3.05, 3.63) is 46.5 Å². The third-order valence-corrected chi connectivity index (χ3v) is 1.94. The van der Waals surface area contributed by atoms with Gasteiger partial charge in [0, 0.05) is 5.56 Å². The van der Waals surface area contributed by atoms with E-state index in [1.165, 1.54) is 0 Å². The van der Waals surface area contributed by atoms with E-state index < -0.39 is 0 Å². The van der Waals surface area contributed by atoms with Gasteiger partial charge in [0.1, 0.15) is 5.69 Å². The molecule has 0 fully saturated rings. The summed E-state index contributed by atoms with van der Waals surface area (Å²) in [6.45, 7) is 0. The van der Waals surface area contributed by atoms with Gasteiger partial charge < -0.3 is 9.97 Å². The first kappa shape index (κ1) is 8.50. The summed E-state index contributed by atoms with van der Waals surface area (Å²) < 4.78 is 0. The molecule has 4 nitrogen and oxygen atoms in total. The van der Waals surface area contributed by atoms with E-state index in [9.17, 15) is 9.59 Å². The normalized spacial score (nSPS) is 10.0. The summed E-state index contributed by atoms with van der Waals surface area (Å²) >= 11 is 0. The topological polar surface area (TPSA) is 65.7 Å². The van der Waals surface area contributed by atoms with E-state index in [0.29, 0.717) is 12.0 Å². The van der Waals surface area contributed by atoms with Crippen molar-refractivity contribution in [1.82, 2.24) is 9.97 Å². The maximum absolute atomic E-state index is 11.0. The molecule has 2 rings (SSSR count). The molecule has 1 heterocycles. The summed E-state index contributed by atoms with van der Waals surface area (Å²) in [7, 11) is 0. The zero-order valence-corrected chi connectivity index (χ0v) is 7.28. The van der Waals surface area contributed by atoms with Gasteiger partial charge in [-0.3, -0.25) is 4.79 Å². The molecule has 0 bridgehead atoms. The Bertz CT molecular complexity index is 496. The highest BCUT2D eigenvalue weighted by Gasteiger charge is 2.07. The van der Waals surface area contributed by atoms with Crippen LogP contribution in [0.15, 0.2) is 35.1 Å². The molecule has 1 aromatic carbocycles. The number of carbonyl (C=O) groups is 1. The van der Waals surface area contributed by atoms with Crippen LogP contribution < -0.4 is 5.69 Å². The summed E-state index contributed by atoms with van der Waals surface area (Å²) in [4.78, 5) is 26.6. The van der Waals surface area contributed by atoms with Gasteiger partial charge >= 0.3 is 5.69 Å². The number of nitrogens with one attached hydrogen (secondary N) is 2. The van der Waals surface area contributed by atoms with Crippen molar-refractivity contribution in [2.45, 2.75) is 0 Å². The summed E-state index contributed by atoms with van der Waals surface area (Å²) in [5.74, 6) is 0. The van der Waals surface area contributed by atoms with Crippen molar-refractivity contribution in [3.63, 3.8) is 0 Å². The molecule has 4 heteroatoms. The fourth-order valence-corrected chi connectivity index (χ4v) is 1.32. The van der Waals surface area contributed by atoms with Crippen LogP contribution in [0.25, 0.3) is 11.3 Å². The highest BCUT2D eigenvalue weighted by molar-refractivity contribution is 5.83. The Hall–Kier alpha value is -2.10. The summed E-state index contributed by atoms with van der Waals surface area (Å²) in [6, 6.07) is 9.21. The molecule has 0 amide bonds. The molecule has 0 saturated heterocycles. The molecule has 2 N–H and O–H groups in total. The summed E-state index contributed by atoms with van der Waals surface area (Å²) in [5, 5.41) is 0. The fraction of sp³-hybridized carbons (Fsp3) is 0. The maximum atomic E-state index is 11.0. The molecule has 2 aromatic rings. The van der Waals surface area contributed by atoms with Crippen LogP contribution in [0.3, 0.4) is 0 Å². The minimum absolute atomic E-state index is 0.279. The highest BCUT2D eigenvalue weighted by Crippen LogP contribution is 2.16. The Morgan fingerprint density at radius 2 is 1.79 bits per heavy atom. The molecule has 70 valence electrons. The van der Waals surface area contributed by atoms with E-state index in [1.54, 1.807) is 0 Å². The first-order chi connectivity index (χ1) is 6.81. The molecule has 0 unspecified atom stereocenters. The molecule has 0 saturated carbocycles. The zero-order valence-electron chi connectivity index (χ0n) is 7.28. The number of hydrogen-bond donors (Lipinski definition) is 2. The van der Waals surface area contributed by atoms with Crippen molar-refractivity contribution < 1.29 is 4.79 Å². The number of benzene rings is 1. The zero-order chi connectivity index (χ0) is 9.97. The Morgan fingerprint density at radius 1 is 1.07 bits per heavy atom. The standard InChI is InChI=1S/C10H8N2O2/c13-6-8-9(12-10(14)11-8)7-4-2-1-3-5-7/h1-6H,(H2,11,12,14). The highest BCUT2D eigenvalue weighted by atomic mass is 16.1. The van der Waals surface area contributed by atoms with Crippen molar-refractivity contribution in [2.75, 3.05) is 0 Å². The smallest absolute Gasteiger partial charge is 0.305 e. The molecule has 14 heavy (non-hydrogen) atoms. The lowest BCUT2D eigenvalue weighted by atomic mass is 10.1. The second kappa shape index (κ2) is 3.33. The summed E-state index contributed by atoms with van der Waals surface area (Å²) in [5.41, 5.74) is 1.26. The number of carbonyl (C=O) groups excluding carboxylic acids is 1. The largest absolute Gasteiger partial charge is 0.323 e.